The lowest BCUT2D eigenvalue weighted by Crippen LogP contribution is -1.87. The molecule has 0 fully saturated rings. The summed E-state index contributed by atoms with van der Waals surface area (Å²) in [6.07, 6.45) is 9.46. The first-order chi connectivity index (χ1) is 10.4. The summed E-state index contributed by atoms with van der Waals surface area (Å²) in [4.78, 5) is 0. The van der Waals surface area contributed by atoms with Crippen LogP contribution in [0.3, 0.4) is 0 Å². The topological polar surface area (TPSA) is 0 Å². The number of aryl methyl sites for hydroxylation is 1. The summed E-state index contributed by atoms with van der Waals surface area (Å²) in [6, 6.07) is 13.8. The highest BCUT2D eigenvalue weighted by atomic mass is 32.1. The van der Waals surface area contributed by atoms with Gasteiger partial charge in [0.1, 0.15) is 0 Å². The van der Waals surface area contributed by atoms with Gasteiger partial charge in [0.2, 0.25) is 0 Å². The zero-order chi connectivity index (χ0) is 14.5. The number of unbranched alkanes of at least 4 members (excludes halogenated alkanes) is 5. The van der Waals surface area contributed by atoms with E-state index in [1.165, 1.54) is 71.4 Å². The van der Waals surface area contributed by atoms with E-state index in [2.05, 4.69) is 48.7 Å². The van der Waals surface area contributed by atoms with Crippen LogP contribution in [0.1, 0.15) is 51.0 Å². The first-order valence-electron chi connectivity index (χ1n) is 8.27. The third-order valence-electron chi connectivity index (χ3n) is 4.34. The van der Waals surface area contributed by atoms with E-state index in [9.17, 15) is 0 Å². The maximum atomic E-state index is 2.41. The molecule has 0 amide bonds. The number of fused-ring (bicyclic) bond motifs is 3. The lowest BCUT2D eigenvalue weighted by molar-refractivity contribution is 0.607. The van der Waals surface area contributed by atoms with E-state index in [4.69, 9.17) is 0 Å². The maximum Gasteiger partial charge on any atom is 0.0349 e. The zero-order valence-corrected chi connectivity index (χ0v) is 13.7. The smallest absolute Gasteiger partial charge is 0.0349 e. The van der Waals surface area contributed by atoms with Gasteiger partial charge < -0.3 is 0 Å². The minimum Gasteiger partial charge on any atom is -0.144 e. The molecule has 3 aromatic rings. The molecule has 0 N–H and O–H groups in total. The third-order valence-corrected chi connectivity index (χ3v) is 5.22. The molecule has 0 atom stereocenters. The van der Waals surface area contributed by atoms with E-state index in [1.54, 1.807) is 0 Å². The van der Waals surface area contributed by atoms with Crippen LogP contribution < -0.4 is 0 Å². The van der Waals surface area contributed by atoms with Crippen LogP contribution in [0.15, 0.2) is 41.8 Å². The van der Waals surface area contributed by atoms with Gasteiger partial charge in [0.15, 0.2) is 0 Å². The van der Waals surface area contributed by atoms with Crippen LogP contribution in [0.2, 0.25) is 0 Å². The molecule has 0 aliphatic carbocycles. The summed E-state index contributed by atoms with van der Waals surface area (Å²) in [5.41, 5.74) is 1.50. The molecule has 0 unspecified atom stereocenters. The van der Waals surface area contributed by atoms with Crippen LogP contribution in [0.5, 0.6) is 0 Å². The Balaban J connectivity index is 1.69. The Kier molecular flexibility index (Phi) is 4.92. The van der Waals surface area contributed by atoms with Gasteiger partial charge in [-0.3, -0.25) is 0 Å². The fourth-order valence-corrected chi connectivity index (χ4v) is 3.89. The summed E-state index contributed by atoms with van der Waals surface area (Å²) in [6.45, 7) is 2.28. The molecule has 0 spiro atoms. The second-order valence-corrected chi connectivity index (χ2v) is 6.92. The highest BCUT2D eigenvalue weighted by Gasteiger charge is 2.03. The fourth-order valence-electron chi connectivity index (χ4n) is 3.09. The molecule has 2 aromatic carbocycles. The molecular weight excluding hydrogens is 272 g/mol. The monoisotopic (exact) mass is 296 g/mol. The lowest BCUT2D eigenvalue weighted by atomic mass is 10.00. The molecule has 0 saturated heterocycles. The van der Waals surface area contributed by atoms with E-state index in [1.807, 2.05) is 11.3 Å². The Labute approximate surface area is 131 Å². The SMILES string of the molecule is CCCCCCCCc1ccc2ccc3sccc3c2c1. The molecule has 0 aliphatic rings. The number of rotatable bonds is 7. The number of hydrogen-bond acceptors (Lipinski definition) is 1. The van der Waals surface area contributed by atoms with Crippen molar-refractivity contribution in [2.24, 2.45) is 0 Å². The number of thiophene rings is 1. The van der Waals surface area contributed by atoms with E-state index in [0.29, 0.717) is 0 Å². The van der Waals surface area contributed by atoms with Gasteiger partial charge >= 0.3 is 0 Å². The minimum absolute atomic E-state index is 1.22. The van der Waals surface area contributed by atoms with E-state index < -0.39 is 0 Å². The summed E-state index contributed by atoms with van der Waals surface area (Å²) < 4.78 is 1.40. The van der Waals surface area contributed by atoms with Gasteiger partial charge in [0, 0.05) is 10.1 Å². The van der Waals surface area contributed by atoms with Crippen molar-refractivity contribution in [2.75, 3.05) is 0 Å². The van der Waals surface area contributed by atoms with E-state index in [0.717, 1.165) is 0 Å². The van der Waals surface area contributed by atoms with Gasteiger partial charge in [0.25, 0.3) is 0 Å². The quantitative estimate of drug-likeness (QED) is 0.413. The second-order valence-electron chi connectivity index (χ2n) is 5.97. The van der Waals surface area contributed by atoms with Crippen LogP contribution in [-0.2, 0) is 6.42 Å². The Bertz CT molecular complexity index is 708. The Hall–Kier alpha value is -1.34. The molecule has 0 bridgehead atoms. The van der Waals surface area contributed by atoms with Crippen molar-refractivity contribution in [3.8, 4) is 0 Å². The van der Waals surface area contributed by atoms with Gasteiger partial charge in [0.05, 0.1) is 0 Å². The molecule has 3 rings (SSSR count). The zero-order valence-electron chi connectivity index (χ0n) is 12.9. The summed E-state index contributed by atoms with van der Waals surface area (Å²) in [5, 5.41) is 6.41. The van der Waals surface area contributed by atoms with Gasteiger partial charge in [-0.1, -0.05) is 63.3 Å². The Morgan fingerprint density at radius 3 is 2.52 bits per heavy atom. The summed E-state index contributed by atoms with van der Waals surface area (Å²) in [7, 11) is 0. The van der Waals surface area contributed by atoms with Crippen LogP contribution in [0, 0.1) is 0 Å². The first kappa shape index (κ1) is 14.6. The van der Waals surface area contributed by atoms with Crippen LogP contribution >= 0.6 is 11.3 Å². The van der Waals surface area contributed by atoms with E-state index in [-0.39, 0.29) is 0 Å². The number of hydrogen-bond donors (Lipinski definition) is 0. The van der Waals surface area contributed by atoms with Crippen molar-refractivity contribution in [2.45, 2.75) is 51.9 Å². The fraction of sp³-hybridized carbons (Fsp3) is 0.400. The molecular formula is C20H24S. The van der Waals surface area contributed by atoms with Gasteiger partial charge in [-0.2, -0.15) is 0 Å². The average Bonchev–Trinajstić information content (AvgIpc) is 2.99. The summed E-state index contributed by atoms with van der Waals surface area (Å²) >= 11 is 1.84. The van der Waals surface area contributed by atoms with Crippen molar-refractivity contribution in [1.29, 1.82) is 0 Å². The molecule has 0 radical (unpaired) electrons. The predicted molar refractivity (Wildman–Crippen MR) is 96.4 cm³/mol. The van der Waals surface area contributed by atoms with E-state index >= 15 is 0 Å². The molecule has 0 nitrogen and oxygen atoms in total. The molecule has 0 saturated carbocycles. The van der Waals surface area contributed by atoms with Gasteiger partial charge in [-0.15, -0.1) is 11.3 Å². The van der Waals surface area contributed by atoms with Crippen LogP contribution in [-0.4, -0.2) is 0 Å². The molecule has 21 heavy (non-hydrogen) atoms. The van der Waals surface area contributed by atoms with Crippen molar-refractivity contribution in [1.82, 2.24) is 0 Å². The van der Waals surface area contributed by atoms with Gasteiger partial charge in [-0.25, -0.2) is 0 Å². The van der Waals surface area contributed by atoms with Crippen LogP contribution in [0.4, 0.5) is 0 Å². The largest absolute Gasteiger partial charge is 0.144 e. The predicted octanol–water partition coefficient (Wildman–Crippen LogP) is 6.96. The molecule has 1 heterocycles. The molecule has 1 aromatic heterocycles. The normalized spacial score (nSPS) is 11.5. The molecule has 0 aliphatic heterocycles. The van der Waals surface area contributed by atoms with Crippen molar-refractivity contribution >= 4 is 32.2 Å². The van der Waals surface area contributed by atoms with Crippen molar-refractivity contribution in [3.05, 3.63) is 47.3 Å². The standard InChI is InChI=1S/C20H24S/c1-2-3-4-5-6-7-8-16-9-10-17-11-12-20-18(13-14-21-20)19(17)15-16/h9-15H,2-8H2,1H3. The van der Waals surface area contributed by atoms with Gasteiger partial charge in [-0.05, 0) is 46.7 Å². The number of benzene rings is 2. The maximum absolute atomic E-state index is 2.41. The highest BCUT2D eigenvalue weighted by Crippen LogP contribution is 2.30. The van der Waals surface area contributed by atoms with Crippen LogP contribution in [0.25, 0.3) is 20.9 Å². The average molecular weight is 296 g/mol. The first-order valence-corrected chi connectivity index (χ1v) is 9.15. The van der Waals surface area contributed by atoms with Crippen molar-refractivity contribution in [3.63, 3.8) is 0 Å². The lowest BCUT2D eigenvalue weighted by Gasteiger charge is -2.05. The summed E-state index contributed by atoms with van der Waals surface area (Å²) in [5.74, 6) is 0. The molecule has 1 heteroatoms. The Morgan fingerprint density at radius 2 is 1.62 bits per heavy atom. The highest BCUT2D eigenvalue weighted by molar-refractivity contribution is 7.17. The second kappa shape index (κ2) is 7.09. The molecule has 110 valence electrons. The Morgan fingerprint density at radius 1 is 0.810 bits per heavy atom. The van der Waals surface area contributed by atoms with Crippen molar-refractivity contribution < 1.29 is 0 Å². The third kappa shape index (κ3) is 3.47. The minimum atomic E-state index is 1.22.